The first-order chi connectivity index (χ1) is 11.9. The molecule has 0 spiro atoms. The predicted octanol–water partition coefficient (Wildman–Crippen LogP) is 3.29. The fourth-order valence-electron chi connectivity index (χ4n) is 1.67. The van der Waals surface area contributed by atoms with Crippen molar-refractivity contribution in [1.82, 2.24) is 0 Å². The van der Waals surface area contributed by atoms with E-state index >= 15 is 0 Å². The fourth-order valence-corrected chi connectivity index (χ4v) is 1.67. The van der Waals surface area contributed by atoms with Gasteiger partial charge < -0.3 is 20.3 Å². The Balaban J connectivity index is -0.000000153. The van der Waals surface area contributed by atoms with Crippen LogP contribution in [-0.4, -0.2) is 43.3 Å². The summed E-state index contributed by atoms with van der Waals surface area (Å²) < 4.78 is 8.71. The van der Waals surface area contributed by atoms with Crippen molar-refractivity contribution in [3.05, 3.63) is 36.5 Å². The van der Waals surface area contributed by atoms with E-state index < -0.39 is 5.97 Å². The molecule has 0 amide bonds. The number of esters is 2. The molecule has 0 unspecified atom stereocenters. The van der Waals surface area contributed by atoms with Crippen LogP contribution in [0.4, 0.5) is 0 Å². The standard InChI is InChI=1S/C9H17NO2.2C5H8O2.ClH/c1-4-7(8(11)12)9(2,3)5-6-10;1-4(2)5(6)7-3;1-3-5(6)7-4-2;/h4H,5-6,10H2,1-3H3,(H,11,12);1H2,2-3H3;3H,1,4H2,2H3;1H. The predicted molar refractivity (Wildman–Crippen MR) is 110 cm³/mol. The van der Waals surface area contributed by atoms with E-state index in [1.165, 1.54) is 7.11 Å². The van der Waals surface area contributed by atoms with Crippen LogP contribution in [0.3, 0.4) is 0 Å². The van der Waals surface area contributed by atoms with E-state index in [1.54, 1.807) is 26.8 Å². The number of hydrogen-bond donors (Lipinski definition) is 2. The van der Waals surface area contributed by atoms with Gasteiger partial charge in [-0.25, -0.2) is 14.4 Å². The van der Waals surface area contributed by atoms with Crippen molar-refractivity contribution in [1.29, 1.82) is 0 Å². The maximum absolute atomic E-state index is 10.7. The Bertz CT molecular complexity index is 510. The van der Waals surface area contributed by atoms with Gasteiger partial charge in [0.25, 0.3) is 0 Å². The highest BCUT2D eigenvalue weighted by Gasteiger charge is 2.26. The van der Waals surface area contributed by atoms with E-state index in [9.17, 15) is 14.4 Å². The van der Waals surface area contributed by atoms with Crippen molar-refractivity contribution < 1.29 is 29.0 Å². The maximum Gasteiger partial charge on any atom is 0.332 e. The van der Waals surface area contributed by atoms with Crippen molar-refractivity contribution in [3.63, 3.8) is 0 Å². The molecule has 0 heterocycles. The number of carbonyl (C=O) groups is 3. The van der Waals surface area contributed by atoms with Crippen LogP contribution in [-0.2, 0) is 23.9 Å². The van der Waals surface area contributed by atoms with E-state index in [1.807, 2.05) is 13.8 Å². The van der Waals surface area contributed by atoms with Crippen LogP contribution in [0.5, 0.6) is 0 Å². The van der Waals surface area contributed by atoms with E-state index in [0.29, 0.717) is 30.7 Å². The molecule has 0 aromatic rings. The average Bonchev–Trinajstić information content (AvgIpc) is 2.55. The first kappa shape index (κ1) is 32.5. The minimum Gasteiger partial charge on any atom is -0.478 e. The third-order valence-electron chi connectivity index (χ3n) is 3.00. The molecule has 3 N–H and O–H groups in total. The Morgan fingerprint density at radius 1 is 1.26 bits per heavy atom. The summed E-state index contributed by atoms with van der Waals surface area (Å²) in [5.41, 5.74) is 5.93. The van der Waals surface area contributed by atoms with Gasteiger partial charge in [-0.2, -0.15) is 0 Å². The molecule has 8 heteroatoms. The average molecular weight is 408 g/mol. The zero-order valence-electron chi connectivity index (χ0n) is 17.2. The molecule has 0 saturated carbocycles. The van der Waals surface area contributed by atoms with Crippen LogP contribution in [0.25, 0.3) is 0 Å². The molecule has 0 aromatic heterocycles. The minimum atomic E-state index is -0.851. The summed E-state index contributed by atoms with van der Waals surface area (Å²) in [7, 11) is 1.33. The second-order valence-electron chi connectivity index (χ2n) is 5.66. The molecule has 27 heavy (non-hydrogen) atoms. The van der Waals surface area contributed by atoms with Crippen molar-refractivity contribution in [2.75, 3.05) is 20.3 Å². The van der Waals surface area contributed by atoms with Gasteiger partial charge in [-0.05, 0) is 39.2 Å². The number of allylic oxidation sites excluding steroid dienone is 1. The molecular weight excluding hydrogens is 374 g/mol. The summed E-state index contributed by atoms with van der Waals surface area (Å²) in [6.07, 6.45) is 3.47. The Morgan fingerprint density at radius 2 is 1.74 bits per heavy atom. The number of rotatable bonds is 7. The third kappa shape index (κ3) is 18.5. The largest absolute Gasteiger partial charge is 0.478 e. The van der Waals surface area contributed by atoms with Crippen molar-refractivity contribution in [2.45, 2.75) is 41.0 Å². The lowest BCUT2D eigenvalue weighted by molar-refractivity contribution is -0.137. The molecule has 0 saturated heterocycles. The highest BCUT2D eigenvalue weighted by molar-refractivity contribution is 5.88. The molecule has 0 aliphatic carbocycles. The van der Waals surface area contributed by atoms with Crippen LogP contribution in [0.2, 0.25) is 0 Å². The van der Waals surface area contributed by atoms with Gasteiger partial charge in [0, 0.05) is 17.2 Å². The van der Waals surface area contributed by atoms with Crippen molar-refractivity contribution >= 4 is 30.3 Å². The molecule has 0 atom stereocenters. The number of ether oxygens (including phenoxy) is 2. The number of aliphatic carboxylic acids is 1. The lowest BCUT2D eigenvalue weighted by Crippen LogP contribution is -2.24. The van der Waals surface area contributed by atoms with Crippen molar-refractivity contribution in [3.8, 4) is 0 Å². The van der Waals surface area contributed by atoms with Crippen LogP contribution in [0.1, 0.15) is 41.0 Å². The van der Waals surface area contributed by atoms with E-state index in [0.717, 1.165) is 6.08 Å². The monoisotopic (exact) mass is 407 g/mol. The van der Waals surface area contributed by atoms with Crippen LogP contribution in [0.15, 0.2) is 36.5 Å². The summed E-state index contributed by atoms with van der Waals surface area (Å²) >= 11 is 0. The number of nitrogens with two attached hydrogens (primary N) is 1. The molecule has 0 rings (SSSR count). The number of methoxy groups -OCH3 is 1. The Hall–Kier alpha value is -2.12. The van der Waals surface area contributed by atoms with Gasteiger partial charge in [0.05, 0.1) is 13.7 Å². The molecule has 158 valence electrons. The summed E-state index contributed by atoms with van der Waals surface area (Å²) in [6, 6.07) is 0. The van der Waals surface area contributed by atoms with Gasteiger partial charge >= 0.3 is 17.9 Å². The van der Waals surface area contributed by atoms with E-state index in [4.69, 9.17) is 10.8 Å². The first-order valence-corrected chi connectivity index (χ1v) is 8.08. The smallest absolute Gasteiger partial charge is 0.332 e. The van der Waals surface area contributed by atoms with Gasteiger partial charge in [-0.15, -0.1) is 12.4 Å². The summed E-state index contributed by atoms with van der Waals surface area (Å²) in [5, 5.41) is 8.83. The van der Waals surface area contributed by atoms with Gasteiger partial charge in [0.2, 0.25) is 0 Å². The molecule has 0 aliphatic heterocycles. The highest BCUT2D eigenvalue weighted by atomic mass is 35.5. The number of hydrogen-bond acceptors (Lipinski definition) is 6. The quantitative estimate of drug-likeness (QED) is 0.491. The molecular formula is C19H34ClNO6. The van der Waals surface area contributed by atoms with Crippen LogP contribution >= 0.6 is 12.4 Å². The second-order valence-corrected chi connectivity index (χ2v) is 5.66. The van der Waals surface area contributed by atoms with Gasteiger partial charge in [-0.3, -0.25) is 0 Å². The maximum atomic E-state index is 10.7. The zero-order chi connectivity index (χ0) is 21.3. The first-order valence-electron chi connectivity index (χ1n) is 8.08. The molecule has 0 radical (unpaired) electrons. The molecule has 0 fully saturated rings. The zero-order valence-corrected chi connectivity index (χ0v) is 18.0. The molecule has 0 aromatic carbocycles. The number of carboxylic acids is 1. The Morgan fingerprint density at radius 3 is 1.89 bits per heavy atom. The fraction of sp³-hybridized carbons (Fsp3) is 0.526. The summed E-state index contributed by atoms with van der Waals surface area (Å²) in [6.45, 7) is 16.4. The van der Waals surface area contributed by atoms with Gasteiger partial charge in [-0.1, -0.05) is 33.1 Å². The Kier molecular flexibility index (Phi) is 22.5. The number of carboxylic acid groups (broad SMARTS) is 1. The Labute approximate surface area is 168 Å². The summed E-state index contributed by atoms with van der Waals surface area (Å²) in [4.78, 5) is 31.0. The highest BCUT2D eigenvalue weighted by Crippen LogP contribution is 2.29. The summed E-state index contributed by atoms with van der Waals surface area (Å²) in [5.74, 6) is -1.56. The second kappa shape index (κ2) is 18.7. The minimum absolute atomic E-state index is 0. The third-order valence-corrected chi connectivity index (χ3v) is 3.00. The van der Waals surface area contributed by atoms with E-state index in [2.05, 4.69) is 22.6 Å². The van der Waals surface area contributed by atoms with E-state index in [-0.39, 0.29) is 29.8 Å². The SMILES string of the molecule is C=C(C)C(=O)OC.C=CC(=O)OCC.CC=C(C(=O)O)C(C)(C)CCN.Cl. The normalized spacial score (nSPS) is 9.81. The molecule has 7 nitrogen and oxygen atoms in total. The van der Waals surface area contributed by atoms with Crippen LogP contribution < -0.4 is 5.73 Å². The van der Waals surface area contributed by atoms with Crippen LogP contribution in [0, 0.1) is 5.41 Å². The number of carbonyl (C=O) groups excluding carboxylic acids is 2. The lowest BCUT2D eigenvalue weighted by atomic mass is 9.81. The van der Waals surface area contributed by atoms with Gasteiger partial charge in [0.1, 0.15) is 0 Å². The van der Waals surface area contributed by atoms with Gasteiger partial charge in [0.15, 0.2) is 0 Å². The number of halogens is 1. The lowest BCUT2D eigenvalue weighted by Gasteiger charge is -2.24. The topological polar surface area (TPSA) is 116 Å². The molecule has 0 aliphatic rings. The molecule has 0 bridgehead atoms. The van der Waals surface area contributed by atoms with Crippen molar-refractivity contribution in [2.24, 2.45) is 11.1 Å².